The van der Waals surface area contributed by atoms with Crippen molar-refractivity contribution in [3.63, 3.8) is 0 Å². The van der Waals surface area contributed by atoms with E-state index in [9.17, 15) is 14.3 Å². The summed E-state index contributed by atoms with van der Waals surface area (Å²) in [5.41, 5.74) is 5.67. The normalized spacial score (nSPS) is 17.2. The van der Waals surface area contributed by atoms with E-state index in [1.807, 2.05) is 24.3 Å². The number of thiazole rings is 1. The topological polar surface area (TPSA) is 54.6 Å². The number of benzene rings is 3. The van der Waals surface area contributed by atoms with Crippen molar-refractivity contribution in [2.75, 3.05) is 0 Å². The van der Waals surface area contributed by atoms with Gasteiger partial charge in [-0.3, -0.25) is 9.36 Å². The van der Waals surface area contributed by atoms with Crippen LogP contribution >= 0.6 is 11.3 Å². The average molecular weight is 455 g/mol. The van der Waals surface area contributed by atoms with Crippen LogP contribution in [0, 0.1) is 5.82 Å². The third kappa shape index (κ3) is 3.34. The Morgan fingerprint density at radius 1 is 1.03 bits per heavy atom. The first kappa shape index (κ1) is 19.9. The summed E-state index contributed by atoms with van der Waals surface area (Å²) < 4.78 is 16.5. The van der Waals surface area contributed by atoms with Gasteiger partial charge in [-0.25, -0.2) is 9.38 Å². The van der Waals surface area contributed by atoms with E-state index in [1.54, 1.807) is 34.9 Å². The lowest BCUT2D eigenvalue weighted by Gasteiger charge is -2.30. The van der Waals surface area contributed by atoms with Gasteiger partial charge in [0.15, 0.2) is 4.80 Å². The van der Waals surface area contributed by atoms with E-state index in [4.69, 9.17) is 4.99 Å². The first-order chi connectivity index (χ1) is 16.1. The van der Waals surface area contributed by atoms with Gasteiger partial charge in [0.2, 0.25) is 0 Å². The van der Waals surface area contributed by atoms with Crippen molar-refractivity contribution in [3.8, 4) is 5.75 Å². The van der Waals surface area contributed by atoms with Gasteiger partial charge in [-0.15, -0.1) is 0 Å². The molecule has 0 amide bonds. The second kappa shape index (κ2) is 7.67. The van der Waals surface area contributed by atoms with E-state index in [0.717, 1.165) is 40.8 Å². The van der Waals surface area contributed by atoms with E-state index < -0.39 is 6.04 Å². The molecule has 6 heteroatoms. The maximum Gasteiger partial charge on any atom is 0.271 e. The Bertz CT molecular complexity index is 1610. The van der Waals surface area contributed by atoms with Gasteiger partial charge >= 0.3 is 0 Å². The Hall–Kier alpha value is -3.77. The zero-order valence-electron chi connectivity index (χ0n) is 17.5. The van der Waals surface area contributed by atoms with Crippen LogP contribution in [0.15, 0.2) is 88.2 Å². The minimum atomic E-state index is -0.401. The molecule has 6 rings (SSSR count). The molecule has 162 valence electrons. The molecule has 1 N–H and O–H groups in total. The fourth-order valence-corrected chi connectivity index (χ4v) is 5.72. The van der Waals surface area contributed by atoms with Crippen molar-refractivity contribution in [2.24, 2.45) is 4.99 Å². The Morgan fingerprint density at radius 2 is 1.85 bits per heavy atom. The highest BCUT2D eigenvalue weighted by Gasteiger charge is 2.32. The number of hydrogen-bond acceptors (Lipinski definition) is 4. The number of aryl methyl sites for hydroxylation is 1. The molecule has 4 nitrogen and oxygen atoms in total. The van der Waals surface area contributed by atoms with E-state index in [1.165, 1.54) is 29.0 Å². The van der Waals surface area contributed by atoms with E-state index in [2.05, 4.69) is 12.1 Å². The molecule has 1 unspecified atom stereocenters. The summed E-state index contributed by atoms with van der Waals surface area (Å²) in [6, 6.07) is 21.0. The molecular formula is C27H19FN2O2S. The SMILES string of the molecule is O=c1c(=Cc2ccc(O)cc2)sc2n1C(c1cccc(F)c1)C1=C(N=2)c2ccccc2CC1. The predicted molar refractivity (Wildman–Crippen MR) is 127 cm³/mol. The molecule has 0 saturated carbocycles. The number of hydrogen-bond donors (Lipinski definition) is 1. The number of nitrogens with zero attached hydrogens (tertiary/aromatic N) is 2. The quantitative estimate of drug-likeness (QED) is 0.495. The number of phenols is 1. The van der Waals surface area contributed by atoms with Crippen molar-refractivity contribution >= 4 is 23.1 Å². The summed E-state index contributed by atoms with van der Waals surface area (Å²) >= 11 is 1.33. The van der Waals surface area contributed by atoms with Gasteiger partial charge in [0.05, 0.1) is 16.3 Å². The molecule has 0 bridgehead atoms. The number of phenolic OH excluding ortho intramolecular Hbond substituents is 1. The summed E-state index contributed by atoms with van der Waals surface area (Å²) in [6.07, 6.45) is 3.43. The largest absolute Gasteiger partial charge is 0.508 e. The first-order valence-electron chi connectivity index (χ1n) is 10.8. The van der Waals surface area contributed by atoms with Gasteiger partial charge < -0.3 is 5.11 Å². The molecule has 1 aromatic heterocycles. The summed E-state index contributed by atoms with van der Waals surface area (Å²) in [6.45, 7) is 0. The lowest BCUT2D eigenvalue weighted by Crippen LogP contribution is -2.38. The molecule has 2 heterocycles. The van der Waals surface area contributed by atoms with Crippen LogP contribution in [-0.4, -0.2) is 9.67 Å². The minimum Gasteiger partial charge on any atom is -0.508 e. The Kier molecular flexibility index (Phi) is 4.62. The van der Waals surface area contributed by atoms with Crippen molar-refractivity contribution in [2.45, 2.75) is 18.9 Å². The molecule has 0 spiro atoms. The van der Waals surface area contributed by atoms with Gasteiger partial charge in [0, 0.05) is 5.56 Å². The van der Waals surface area contributed by atoms with E-state index >= 15 is 0 Å². The van der Waals surface area contributed by atoms with E-state index in [0.29, 0.717) is 9.33 Å². The number of allylic oxidation sites excluding steroid dienone is 1. The van der Waals surface area contributed by atoms with Crippen LogP contribution in [0.4, 0.5) is 4.39 Å². The fourth-order valence-electron chi connectivity index (χ4n) is 4.72. The van der Waals surface area contributed by atoms with Crippen molar-refractivity contribution in [1.29, 1.82) is 0 Å². The third-order valence-corrected chi connectivity index (χ3v) is 7.21. The Morgan fingerprint density at radius 3 is 2.67 bits per heavy atom. The molecule has 0 radical (unpaired) electrons. The molecule has 2 aliphatic rings. The number of fused-ring (bicyclic) bond motifs is 3. The Balaban J connectivity index is 1.63. The van der Waals surface area contributed by atoms with Crippen LogP contribution in [0.25, 0.3) is 11.8 Å². The third-order valence-electron chi connectivity index (χ3n) is 6.23. The summed E-state index contributed by atoms with van der Waals surface area (Å²) in [4.78, 5) is 19.1. The molecule has 4 aromatic rings. The van der Waals surface area contributed by atoms with Crippen LogP contribution in [0.1, 0.15) is 34.7 Å². The van der Waals surface area contributed by atoms with Gasteiger partial charge in [-0.2, -0.15) is 0 Å². The van der Waals surface area contributed by atoms with Gasteiger partial charge in [0.1, 0.15) is 11.6 Å². The summed E-state index contributed by atoms with van der Waals surface area (Å²) in [5, 5.41) is 9.56. The second-order valence-corrected chi connectivity index (χ2v) is 9.27. The number of aromatic hydroxyl groups is 1. The van der Waals surface area contributed by atoms with Crippen molar-refractivity contribution in [1.82, 2.24) is 4.57 Å². The summed E-state index contributed by atoms with van der Waals surface area (Å²) in [7, 11) is 0. The molecule has 3 aromatic carbocycles. The highest BCUT2D eigenvalue weighted by molar-refractivity contribution is 7.07. The zero-order chi connectivity index (χ0) is 22.5. The smallest absolute Gasteiger partial charge is 0.271 e. The maximum atomic E-state index is 14.2. The summed E-state index contributed by atoms with van der Waals surface area (Å²) in [5.74, 6) is -0.153. The first-order valence-corrected chi connectivity index (χ1v) is 11.6. The molecule has 1 aliphatic heterocycles. The van der Waals surface area contributed by atoms with Gasteiger partial charge in [-0.1, -0.05) is 59.9 Å². The molecule has 0 fully saturated rings. The minimum absolute atomic E-state index is 0.147. The van der Waals surface area contributed by atoms with Gasteiger partial charge in [0.25, 0.3) is 5.56 Å². The van der Waals surface area contributed by atoms with Crippen LogP contribution in [0.2, 0.25) is 0 Å². The average Bonchev–Trinajstić information content (AvgIpc) is 3.13. The number of aromatic nitrogens is 1. The van der Waals surface area contributed by atoms with Crippen molar-refractivity contribution < 1.29 is 9.50 Å². The molecular weight excluding hydrogens is 435 g/mol. The monoisotopic (exact) mass is 454 g/mol. The standard InChI is InChI=1S/C27H19FN2O2S/c28-19-6-3-5-18(15-19)25-22-13-10-17-4-1-2-7-21(17)24(22)29-27-30(25)26(32)23(33-27)14-16-8-11-20(31)12-9-16/h1-9,11-12,14-15,25,31H,10,13H2. The second-order valence-electron chi connectivity index (χ2n) is 8.26. The molecule has 0 saturated heterocycles. The lowest BCUT2D eigenvalue weighted by molar-refractivity contribution is 0.475. The maximum absolute atomic E-state index is 14.2. The van der Waals surface area contributed by atoms with Crippen LogP contribution in [0.5, 0.6) is 5.75 Å². The van der Waals surface area contributed by atoms with E-state index in [-0.39, 0.29) is 17.1 Å². The van der Waals surface area contributed by atoms with Crippen LogP contribution in [0.3, 0.4) is 0 Å². The fraction of sp³-hybridized carbons (Fsp3) is 0.111. The number of rotatable bonds is 2. The lowest BCUT2D eigenvalue weighted by atomic mass is 9.83. The number of halogens is 1. The predicted octanol–water partition coefficient (Wildman–Crippen LogP) is 4.16. The van der Waals surface area contributed by atoms with Crippen LogP contribution in [-0.2, 0) is 6.42 Å². The van der Waals surface area contributed by atoms with Crippen LogP contribution < -0.4 is 14.9 Å². The highest BCUT2D eigenvalue weighted by atomic mass is 32.1. The molecule has 33 heavy (non-hydrogen) atoms. The Labute approximate surface area is 192 Å². The molecule has 1 aliphatic carbocycles. The van der Waals surface area contributed by atoms with Crippen molar-refractivity contribution in [3.05, 3.63) is 126 Å². The zero-order valence-corrected chi connectivity index (χ0v) is 18.3. The molecule has 1 atom stereocenters. The van der Waals surface area contributed by atoms with Gasteiger partial charge in [-0.05, 0) is 65.4 Å². The highest BCUT2D eigenvalue weighted by Crippen LogP contribution is 2.41.